The van der Waals surface area contributed by atoms with E-state index in [0.29, 0.717) is 50.8 Å². The average Bonchev–Trinajstić information content (AvgIpc) is 3.44. The number of hydrogen-bond acceptors (Lipinski definition) is 8. The van der Waals surface area contributed by atoms with Gasteiger partial charge in [-0.15, -0.1) is 0 Å². The number of nitrogens with zero attached hydrogens (tertiary/aromatic N) is 1. The zero-order valence-electron chi connectivity index (χ0n) is 27.1. The van der Waals surface area contributed by atoms with E-state index in [4.69, 9.17) is 9.47 Å². The van der Waals surface area contributed by atoms with Gasteiger partial charge < -0.3 is 25.0 Å². The van der Waals surface area contributed by atoms with Crippen LogP contribution in [0.3, 0.4) is 0 Å². The fourth-order valence-corrected chi connectivity index (χ4v) is 6.89. The van der Waals surface area contributed by atoms with Gasteiger partial charge in [0.15, 0.2) is 0 Å². The molecule has 2 fully saturated rings. The van der Waals surface area contributed by atoms with Crippen LogP contribution < -0.4 is 24.8 Å². The fraction of sp³-hybridized carbons (Fsp3) is 0.625. The van der Waals surface area contributed by atoms with Gasteiger partial charge in [0.1, 0.15) is 29.0 Å². The molecule has 0 bridgehead atoms. The zero-order valence-corrected chi connectivity index (χ0v) is 27.9. The maximum absolute atomic E-state index is 13.7. The van der Waals surface area contributed by atoms with Gasteiger partial charge in [0, 0.05) is 19.0 Å². The van der Waals surface area contributed by atoms with Crippen LogP contribution in [0.1, 0.15) is 77.7 Å². The second kappa shape index (κ2) is 14.8. The maximum Gasteiger partial charge on any atom is 0.408 e. The number of carbonyl (C=O) groups is 4. The second-order valence-corrected chi connectivity index (χ2v) is 14.6. The SMILES string of the molecule is COc1ccccc1CCNS(=O)(=O)NC(=O)[C@@]12C[C@@H]1/C=C\CCCCC[C@H](NC(=O)OC(C)(C)C)C(=O)N1CCC[C@H]1C(=O)N2. The Kier molecular flexibility index (Phi) is 11.4. The number of hydrogen-bond donors (Lipinski definition) is 4. The number of carbonyl (C=O) groups excluding carboxylic acids is 4. The van der Waals surface area contributed by atoms with E-state index in [2.05, 4.69) is 20.1 Å². The van der Waals surface area contributed by atoms with Crippen LogP contribution >= 0.6 is 0 Å². The van der Waals surface area contributed by atoms with Crippen molar-refractivity contribution in [2.45, 2.75) is 102 Å². The van der Waals surface area contributed by atoms with E-state index in [1.165, 1.54) is 12.0 Å². The highest BCUT2D eigenvalue weighted by atomic mass is 32.2. The number of rotatable bonds is 8. The molecular weight excluding hydrogens is 614 g/mol. The van der Waals surface area contributed by atoms with Gasteiger partial charge in [-0.2, -0.15) is 13.1 Å². The first-order valence-electron chi connectivity index (χ1n) is 16.0. The number of benzene rings is 1. The van der Waals surface area contributed by atoms with Crippen molar-refractivity contribution in [1.29, 1.82) is 0 Å². The second-order valence-electron chi connectivity index (χ2n) is 13.1. The molecule has 4 amide bonds. The molecule has 1 aromatic rings. The summed E-state index contributed by atoms with van der Waals surface area (Å²) in [5, 5.41) is 5.52. The lowest BCUT2D eigenvalue weighted by molar-refractivity contribution is -0.141. The summed E-state index contributed by atoms with van der Waals surface area (Å²) in [6.45, 7) is 5.54. The highest BCUT2D eigenvalue weighted by Gasteiger charge is 2.61. The molecule has 0 aromatic heterocycles. The van der Waals surface area contributed by atoms with Crippen LogP contribution in [0.2, 0.25) is 0 Å². The number of methoxy groups -OCH3 is 1. The number of fused-ring (bicyclic) bond motifs is 2. The minimum Gasteiger partial charge on any atom is -0.496 e. The highest BCUT2D eigenvalue weighted by molar-refractivity contribution is 7.88. The Balaban J connectivity index is 1.47. The Morgan fingerprint density at radius 2 is 1.85 bits per heavy atom. The summed E-state index contributed by atoms with van der Waals surface area (Å²) < 4.78 is 41.0. The quantitative estimate of drug-likeness (QED) is 0.308. The highest BCUT2D eigenvalue weighted by Crippen LogP contribution is 2.45. The van der Waals surface area contributed by atoms with Gasteiger partial charge in [0.05, 0.1) is 7.11 Å². The van der Waals surface area contributed by atoms with E-state index in [1.807, 2.05) is 30.4 Å². The number of allylic oxidation sites excluding steroid dienone is 1. The van der Waals surface area contributed by atoms with Gasteiger partial charge in [-0.1, -0.05) is 43.2 Å². The third kappa shape index (κ3) is 9.21. The van der Waals surface area contributed by atoms with Gasteiger partial charge >= 0.3 is 16.3 Å². The van der Waals surface area contributed by atoms with E-state index in [-0.39, 0.29) is 18.9 Å². The summed E-state index contributed by atoms with van der Waals surface area (Å²) in [6.07, 6.45) is 7.99. The van der Waals surface area contributed by atoms with Crippen molar-refractivity contribution in [3.63, 3.8) is 0 Å². The summed E-state index contributed by atoms with van der Waals surface area (Å²) in [6, 6.07) is 5.50. The number of amides is 4. The molecular formula is C32H47N5O8S. The molecule has 1 aliphatic carbocycles. The smallest absolute Gasteiger partial charge is 0.408 e. The van der Waals surface area contributed by atoms with Crippen molar-refractivity contribution in [3.05, 3.63) is 42.0 Å². The Morgan fingerprint density at radius 1 is 1.09 bits per heavy atom. The van der Waals surface area contributed by atoms with Crippen molar-refractivity contribution in [2.75, 3.05) is 20.2 Å². The van der Waals surface area contributed by atoms with E-state index in [9.17, 15) is 27.6 Å². The molecule has 13 nitrogen and oxygen atoms in total. The topological polar surface area (TPSA) is 172 Å². The molecule has 254 valence electrons. The first-order valence-corrected chi connectivity index (χ1v) is 17.5. The van der Waals surface area contributed by atoms with Crippen molar-refractivity contribution in [1.82, 2.24) is 25.0 Å². The van der Waals surface area contributed by atoms with Crippen LogP contribution in [-0.2, 0) is 35.8 Å². The summed E-state index contributed by atoms with van der Waals surface area (Å²) >= 11 is 0. The molecule has 0 unspecified atom stereocenters. The van der Waals surface area contributed by atoms with Gasteiger partial charge in [0.2, 0.25) is 11.8 Å². The molecule has 2 aliphatic heterocycles. The molecule has 2 heterocycles. The average molecular weight is 662 g/mol. The Hall–Kier alpha value is -3.65. The minimum atomic E-state index is -4.26. The number of alkyl carbamates (subject to hydrolysis) is 1. The first kappa shape index (κ1) is 35.2. The third-order valence-electron chi connectivity index (χ3n) is 8.43. The predicted molar refractivity (Wildman–Crippen MR) is 171 cm³/mol. The third-order valence-corrected chi connectivity index (χ3v) is 9.47. The molecule has 1 aromatic carbocycles. The van der Waals surface area contributed by atoms with E-state index in [0.717, 1.165) is 18.4 Å². The lowest BCUT2D eigenvalue weighted by Crippen LogP contribution is -2.59. The fourth-order valence-electron chi connectivity index (χ4n) is 6.02. The number of nitrogens with one attached hydrogen (secondary N) is 4. The summed E-state index contributed by atoms with van der Waals surface area (Å²) in [5.74, 6) is -1.54. The van der Waals surface area contributed by atoms with Crippen LogP contribution in [0, 0.1) is 5.92 Å². The standard InChI is InChI=1S/C32H47N5O8S/c1-31(2,3)45-30(41)34-24-15-9-7-5-6-8-14-23-21-32(23,35-27(38)25-16-12-20-37(25)28(24)39)29(40)36-46(42,43)33-19-18-22-13-10-11-17-26(22)44-4/h8,10-11,13-14,17,23-25,33H,5-7,9,12,15-16,18-21H2,1-4H3,(H,34,41)(H,35,38)(H,36,40)/b14-8-/t23-,24-,25-,32+/m0/s1. The van der Waals surface area contributed by atoms with Gasteiger partial charge in [-0.05, 0) is 77.3 Å². The van der Waals surface area contributed by atoms with Crippen molar-refractivity contribution < 1.29 is 37.1 Å². The molecule has 0 radical (unpaired) electrons. The van der Waals surface area contributed by atoms with Crippen LogP contribution in [0.15, 0.2) is 36.4 Å². The maximum atomic E-state index is 13.7. The van der Waals surface area contributed by atoms with Crippen molar-refractivity contribution in [3.8, 4) is 5.75 Å². The number of ether oxygens (including phenoxy) is 2. The molecule has 4 rings (SSSR count). The molecule has 46 heavy (non-hydrogen) atoms. The molecule has 3 aliphatic rings. The van der Waals surface area contributed by atoms with Gasteiger partial charge in [-0.25, -0.2) is 9.52 Å². The van der Waals surface area contributed by atoms with E-state index >= 15 is 0 Å². The van der Waals surface area contributed by atoms with E-state index in [1.54, 1.807) is 26.8 Å². The van der Waals surface area contributed by atoms with Gasteiger partial charge in [-0.3, -0.25) is 14.4 Å². The summed E-state index contributed by atoms with van der Waals surface area (Å²) in [7, 11) is -2.72. The van der Waals surface area contributed by atoms with Crippen molar-refractivity contribution >= 4 is 34.0 Å². The monoisotopic (exact) mass is 661 g/mol. The molecule has 4 atom stereocenters. The Labute approximate surface area is 271 Å². The predicted octanol–water partition coefficient (Wildman–Crippen LogP) is 2.47. The largest absolute Gasteiger partial charge is 0.496 e. The Bertz CT molecular complexity index is 1430. The molecule has 1 saturated heterocycles. The zero-order chi connectivity index (χ0) is 33.5. The van der Waals surface area contributed by atoms with E-state index < -0.39 is 57.3 Å². The van der Waals surface area contributed by atoms with Crippen LogP contribution in [0.4, 0.5) is 4.79 Å². The molecule has 14 heteroatoms. The lowest BCUT2D eigenvalue weighted by atomic mass is 10.0. The molecule has 0 spiro atoms. The Morgan fingerprint density at radius 3 is 2.59 bits per heavy atom. The van der Waals surface area contributed by atoms with Crippen molar-refractivity contribution in [2.24, 2.45) is 5.92 Å². The van der Waals surface area contributed by atoms with Crippen LogP contribution in [-0.4, -0.2) is 80.6 Å². The number of para-hydroxylation sites is 1. The normalized spacial score (nSPS) is 26.3. The first-order chi connectivity index (χ1) is 21.7. The van der Waals surface area contributed by atoms with Gasteiger partial charge in [0.25, 0.3) is 5.91 Å². The summed E-state index contributed by atoms with van der Waals surface area (Å²) in [5.41, 5.74) is -1.42. The molecule has 4 N–H and O–H groups in total. The molecule has 1 saturated carbocycles. The van der Waals surface area contributed by atoms with Crippen LogP contribution in [0.5, 0.6) is 5.75 Å². The van der Waals surface area contributed by atoms with Crippen LogP contribution in [0.25, 0.3) is 0 Å². The summed E-state index contributed by atoms with van der Waals surface area (Å²) in [4.78, 5) is 55.0. The lowest BCUT2D eigenvalue weighted by Gasteiger charge is -2.30. The minimum absolute atomic E-state index is 0.0172.